The van der Waals surface area contributed by atoms with Gasteiger partial charge in [0.15, 0.2) is 0 Å². The molecule has 3 heterocycles. The van der Waals surface area contributed by atoms with Crippen LogP contribution in [0.1, 0.15) is 37.1 Å². The van der Waals surface area contributed by atoms with Crippen molar-refractivity contribution >= 4 is 40.8 Å². The lowest BCUT2D eigenvalue weighted by Gasteiger charge is -2.20. The lowest BCUT2D eigenvalue weighted by atomic mass is 9.98. The maximum absolute atomic E-state index is 13.5. The third kappa shape index (κ3) is 6.17. The predicted molar refractivity (Wildman–Crippen MR) is 181 cm³/mol. The number of carbonyl (C=O) groups is 3. The quantitative estimate of drug-likeness (QED) is 0.232. The first kappa shape index (κ1) is 30.5. The van der Waals surface area contributed by atoms with E-state index in [4.69, 9.17) is 16.3 Å². The fourth-order valence-electron chi connectivity index (χ4n) is 6.27. The van der Waals surface area contributed by atoms with Gasteiger partial charge in [0.2, 0.25) is 0 Å². The number of carbonyl (C=O) groups excluding carboxylic acids is 3. The number of hydrogen-bond donors (Lipinski definition) is 2. The van der Waals surface area contributed by atoms with Crippen molar-refractivity contribution in [2.24, 2.45) is 0 Å². The predicted octanol–water partition coefficient (Wildman–Crippen LogP) is 5.71. The van der Waals surface area contributed by atoms with Gasteiger partial charge < -0.3 is 20.3 Å². The van der Waals surface area contributed by atoms with E-state index in [2.05, 4.69) is 34.9 Å². The number of amides is 3. The minimum atomic E-state index is -0.598. The van der Waals surface area contributed by atoms with Crippen molar-refractivity contribution in [2.75, 3.05) is 19.7 Å². The summed E-state index contributed by atoms with van der Waals surface area (Å²) in [5, 5.41) is 5.96. The van der Waals surface area contributed by atoms with E-state index >= 15 is 0 Å². The van der Waals surface area contributed by atoms with Crippen LogP contribution in [0.3, 0.4) is 0 Å². The Balaban J connectivity index is 1.06. The van der Waals surface area contributed by atoms with Crippen molar-refractivity contribution in [3.8, 4) is 16.8 Å². The van der Waals surface area contributed by atoms with Crippen molar-refractivity contribution in [3.05, 3.63) is 146 Å². The molecule has 236 valence electrons. The lowest BCUT2D eigenvalue weighted by Crippen LogP contribution is -2.50. The average Bonchev–Trinajstić information content (AvgIpc) is 3.79. The number of ether oxygens (including phenoxy) is 1. The number of likely N-dealkylation sites (tertiary alicyclic amines) is 1. The van der Waals surface area contributed by atoms with Crippen LogP contribution in [-0.4, -0.2) is 59.2 Å². The topological polar surface area (TPSA) is 110 Å². The van der Waals surface area contributed by atoms with Gasteiger partial charge >= 0.3 is 6.09 Å². The maximum atomic E-state index is 13.5. The van der Waals surface area contributed by atoms with Gasteiger partial charge in [0.1, 0.15) is 6.61 Å². The number of nitrogens with one attached hydrogen (secondary N) is 2. The van der Waals surface area contributed by atoms with E-state index in [0.29, 0.717) is 20.5 Å². The number of pyridine rings is 1. The van der Waals surface area contributed by atoms with Gasteiger partial charge in [-0.25, -0.2) is 4.79 Å². The molecular formula is C36H29ClN4O5S. The van der Waals surface area contributed by atoms with E-state index in [9.17, 15) is 19.2 Å². The molecule has 2 atom stereocenters. The highest BCUT2D eigenvalue weighted by Gasteiger charge is 2.39. The Morgan fingerprint density at radius 2 is 1.38 bits per heavy atom. The Labute approximate surface area is 279 Å². The van der Waals surface area contributed by atoms with Crippen molar-refractivity contribution < 1.29 is 19.1 Å². The zero-order chi connectivity index (χ0) is 32.5. The molecule has 0 bridgehead atoms. The van der Waals surface area contributed by atoms with Gasteiger partial charge in [-0.1, -0.05) is 66.2 Å². The lowest BCUT2D eigenvalue weighted by molar-refractivity contribution is 0.0898. The highest BCUT2D eigenvalue weighted by molar-refractivity contribution is 7.18. The Bertz CT molecular complexity index is 2000. The van der Waals surface area contributed by atoms with Crippen LogP contribution in [0.25, 0.3) is 16.8 Å². The van der Waals surface area contributed by atoms with Crippen molar-refractivity contribution in [1.82, 2.24) is 20.1 Å². The Morgan fingerprint density at radius 3 is 2.00 bits per heavy atom. The van der Waals surface area contributed by atoms with E-state index in [1.54, 1.807) is 54.7 Å². The number of rotatable bonds is 7. The van der Waals surface area contributed by atoms with Gasteiger partial charge in [-0.05, 0) is 64.7 Å². The van der Waals surface area contributed by atoms with Crippen LogP contribution in [0.4, 0.5) is 4.79 Å². The van der Waals surface area contributed by atoms with Crippen LogP contribution in [-0.2, 0) is 4.74 Å². The molecule has 5 aromatic rings. The number of fused-ring (bicyclic) bond motifs is 3. The van der Waals surface area contributed by atoms with Gasteiger partial charge in [-0.3, -0.25) is 19.0 Å². The first-order valence-electron chi connectivity index (χ1n) is 15.1. The van der Waals surface area contributed by atoms with E-state index in [1.165, 1.54) is 15.5 Å². The standard InChI is InChI=1S/C36H29ClN4O5S/c37-32-17-16-31(47-32)35(44)39-30-20-40(36(45)46-21-28-26-9-3-1-7-24(26)25-8-2-4-10-27(25)28)19-29(30)38-34(43)22-12-14-23(15-13-22)41-18-6-5-11-33(41)42/h1-18,28-30H,19-21H2,(H,38,43)(H,39,44)/t29?,30-/m1/s1. The molecule has 2 N–H and O–H groups in total. The zero-order valence-electron chi connectivity index (χ0n) is 25.0. The molecule has 47 heavy (non-hydrogen) atoms. The molecule has 3 amide bonds. The van der Waals surface area contributed by atoms with Crippen molar-refractivity contribution in [1.29, 1.82) is 0 Å². The molecule has 1 aliphatic carbocycles. The number of nitrogens with zero attached hydrogens (tertiary/aromatic N) is 2. The molecule has 2 aromatic heterocycles. The molecule has 9 nitrogen and oxygen atoms in total. The summed E-state index contributed by atoms with van der Waals surface area (Å²) in [4.78, 5) is 54.1. The van der Waals surface area contributed by atoms with Crippen LogP contribution in [0.15, 0.2) is 114 Å². The minimum absolute atomic E-state index is 0.0988. The van der Waals surface area contributed by atoms with Crippen molar-refractivity contribution in [3.63, 3.8) is 0 Å². The summed E-state index contributed by atoms with van der Waals surface area (Å²) in [6.45, 7) is 0.431. The molecule has 0 spiro atoms. The minimum Gasteiger partial charge on any atom is -0.448 e. The molecule has 0 saturated carbocycles. The summed E-state index contributed by atoms with van der Waals surface area (Å²) in [7, 11) is 0. The summed E-state index contributed by atoms with van der Waals surface area (Å²) >= 11 is 7.20. The van der Waals surface area contributed by atoms with Crippen LogP contribution >= 0.6 is 22.9 Å². The van der Waals surface area contributed by atoms with Gasteiger partial charge in [0, 0.05) is 42.5 Å². The molecule has 1 fully saturated rings. The van der Waals surface area contributed by atoms with E-state index < -0.39 is 18.2 Å². The molecule has 1 saturated heterocycles. The normalized spacial score (nSPS) is 16.7. The second-order valence-electron chi connectivity index (χ2n) is 11.4. The Kier molecular flexibility index (Phi) is 8.36. The SMILES string of the molecule is O=C(NC1CN(C(=O)OCC2c3ccccc3-c3ccccc32)C[C@H]1NC(=O)c1ccc(Cl)s1)c1ccc(-n2ccccc2=O)cc1. The van der Waals surface area contributed by atoms with Gasteiger partial charge in [0.05, 0.1) is 21.3 Å². The molecular weight excluding hydrogens is 636 g/mol. The number of benzene rings is 3. The second-order valence-corrected chi connectivity index (χ2v) is 13.1. The number of thiophene rings is 1. The van der Waals surface area contributed by atoms with Crippen LogP contribution in [0.2, 0.25) is 4.34 Å². The van der Waals surface area contributed by atoms with Crippen LogP contribution < -0.4 is 16.2 Å². The highest BCUT2D eigenvalue weighted by Crippen LogP contribution is 2.44. The third-order valence-corrected chi connectivity index (χ3v) is 9.80. The number of hydrogen-bond acceptors (Lipinski definition) is 6. The summed E-state index contributed by atoms with van der Waals surface area (Å²) in [6.07, 6.45) is 1.13. The molecule has 11 heteroatoms. The van der Waals surface area contributed by atoms with Crippen LogP contribution in [0.5, 0.6) is 0 Å². The fraction of sp³-hybridized carbons (Fsp3) is 0.167. The first-order valence-corrected chi connectivity index (χ1v) is 16.3. The molecule has 1 aliphatic heterocycles. The zero-order valence-corrected chi connectivity index (χ0v) is 26.5. The molecule has 0 radical (unpaired) electrons. The highest BCUT2D eigenvalue weighted by atomic mass is 35.5. The summed E-state index contributed by atoms with van der Waals surface area (Å²) in [5.74, 6) is -0.828. The molecule has 1 unspecified atom stereocenters. The summed E-state index contributed by atoms with van der Waals surface area (Å²) in [6, 6.07) is 29.8. The smallest absolute Gasteiger partial charge is 0.409 e. The third-order valence-electron chi connectivity index (χ3n) is 8.57. The monoisotopic (exact) mass is 664 g/mol. The van der Waals surface area contributed by atoms with Gasteiger partial charge in [0.25, 0.3) is 17.4 Å². The largest absolute Gasteiger partial charge is 0.448 e. The van der Waals surface area contributed by atoms with Crippen LogP contribution in [0, 0.1) is 0 Å². The van der Waals surface area contributed by atoms with Gasteiger partial charge in [-0.15, -0.1) is 11.3 Å². The molecule has 2 aliphatic rings. The fourth-order valence-corrected chi connectivity index (χ4v) is 7.22. The number of aromatic nitrogens is 1. The Hall–Kier alpha value is -5.19. The van der Waals surface area contributed by atoms with E-state index in [1.807, 2.05) is 24.3 Å². The van der Waals surface area contributed by atoms with Crippen molar-refractivity contribution in [2.45, 2.75) is 18.0 Å². The second kappa shape index (κ2) is 12.9. The maximum Gasteiger partial charge on any atom is 0.409 e. The summed E-state index contributed by atoms with van der Waals surface area (Å²) in [5.41, 5.74) is 5.28. The number of halogens is 1. The molecule has 3 aromatic carbocycles. The molecule has 7 rings (SSSR count). The van der Waals surface area contributed by atoms with Gasteiger partial charge in [-0.2, -0.15) is 0 Å². The first-order chi connectivity index (χ1) is 22.9. The van der Waals surface area contributed by atoms with E-state index in [-0.39, 0.29) is 43.0 Å². The Morgan fingerprint density at radius 1 is 0.766 bits per heavy atom. The average molecular weight is 665 g/mol. The summed E-state index contributed by atoms with van der Waals surface area (Å²) < 4.78 is 7.85. The van der Waals surface area contributed by atoms with E-state index in [0.717, 1.165) is 33.6 Å².